The van der Waals surface area contributed by atoms with Crippen LogP contribution in [0.4, 0.5) is 0 Å². The highest BCUT2D eigenvalue weighted by Crippen LogP contribution is 2.28. The van der Waals surface area contributed by atoms with Gasteiger partial charge >= 0.3 is 7.48 Å². The SMILES string of the molecule is C/C=C\CC(C)(N)c1cccc(-c2cccc(BOC(C)(C)C(C)(C)O)c2)c1. The van der Waals surface area contributed by atoms with E-state index >= 15 is 0 Å². The molecular weight excluding hydrogens is 345 g/mol. The summed E-state index contributed by atoms with van der Waals surface area (Å²) in [5, 5.41) is 10.3. The molecule has 0 fully saturated rings. The summed E-state index contributed by atoms with van der Waals surface area (Å²) in [6.45, 7) is 11.4. The minimum absolute atomic E-state index is 0.403. The van der Waals surface area contributed by atoms with Crippen molar-refractivity contribution in [1.29, 1.82) is 0 Å². The number of aliphatic hydroxyl groups is 1. The summed E-state index contributed by atoms with van der Waals surface area (Å²) >= 11 is 0. The molecule has 2 rings (SSSR count). The van der Waals surface area contributed by atoms with Crippen LogP contribution in [-0.2, 0) is 10.2 Å². The Morgan fingerprint density at radius 3 is 2.21 bits per heavy atom. The van der Waals surface area contributed by atoms with Crippen molar-refractivity contribution in [2.75, 3.05) is 0 Å². The van der Waals surface area contributed by atoms with Crippen molar-refractivity contribution in [1.82, 2.24) is 0 Å². The lowest BCUT2D eigenvalue weighted by Gasteiger charge is -2.37. The topological polar surface area (TPSA) is 55.5 Å². The summed E-state index contributed by atoms with van der Waals surface area (Å²) in [7, 11) is 0.445. The van der Waals surface area contributed by atoms with E-state index in [1.165, 1.54) is 0 Å². The molecule has 0 saturated heterocycles. The first kappa shape index (κ1) is 22.4. The molecule has 2 aromatic carbocycles. The monoisotopic (exact) mass is 379 g/mol. The van der Waals surface area contributed by atoms with E-state index in [1.54, 1.807) is 13.8 Å². The van der Waals surface area contributed by atoms with E-state index in [9.17, 15) is 5.11 Å². The van der Waals surface area contributed by atoms with E-state index in [0.29, 0.717) is 7.48 Å². The van der Waals surface area contributed by atoms with E-state index in [4.69, 9.17) is 10.4 Å². The molecule has 3 nitrogen and oxygen atoms in total. The van der Waals surface area contributed by atoms with E-state index in [2.05, 4.69) is 49.4 Å². The van der Waals surface area contributed by atoms with Crippen LogP contribution in [0, 0.1) is 0 Å². The minimum atomic E-state index is -0.919. The highest BCUT2D eigenvalue weighted by Gasteiger charge is 2.35. The summed E-state index contributed by atoms with van der Waals surface area (Å²) in [4.78, 5) is 0. The molecule has 0 aliphatic heterocycles. The van der Waals surface area contributed by atoms with E-state index in [0.717, 1.165) is 28.6 Å². The Balaban J connectivity index is 2.24. The second kappa shape index (κ2) is 8.65. The van der Waals surface area contributed by atoms with Gasteiger partial charge in [0.2, 0.25) is 0 Å². The van der Waals surface area contributed by atoms with Gasteiger partial charge in [0.1, 0.15) is 0 Å². The van der Waals surface area contributed by atoms with Crippen molar-refractivity contribution in [2.24, 2.45) is 5.73 Å². The molecule has 0 amide bonds. The lowest BCUT2D eigenvalue weighted by molar-refractivity contribution is -0.0893. The third-order valence-electron chi connectivity index (χ3n) is 5.63. The molecule has 0 spiro atoms. The van der Waals surface area contributed by atoms with Crippen molar-refractivity contribution < 1.29 is 9.76 Å². The summed E-state index contributed by atoms with van der Waals surface area (Å²) in [5.41, 5.74) is 9.04. The molecule has 3 N–H and O–H groups in total. The Morgan fingerprint density at radius 2 is 1.61 bits per heavy atom. The van der Waals surface area contributed by atoms with Gasteiger partial charge < -0.3 is 15.5 Å². The van der Waals surface area contributed by atoms with Gasteiger partial charge in [0, 0.05) is 5.54 Å². The van der Waals surface area contributed by atoms with Gasteiger partial charge in [-0.2, -0.15) is 0 Å². The van der Waals surface area contributed by atoms with Crippen molar-refractivity contribution in [2.45, 2.75) is 64.7 Å². The normalized spacial score (nSPS) is 14.9. The zero-order chi connectivity index (χ0) is 21.0. The molecule has 150 valence electrons. The highest BCUT2D eigenvalue weighted by atomic mass is 16.5. The van der Waals surface area contributed by atoms with Crippen LogP contribution in [0.25, 0.3) is 11.1 Å². The molecule has 0 radical (unpaired) electrons. The van der Waals surface area contributed by atoms with Gasteiger partial charge in [-0.25, -0.2) is 0 Å². The highest BCUT2D eigenvalue weighted by molar-refractivity contribution is 6.47. The number of hydrogen-bond donors (Lipinski definition) is 2. The average molecular weight is 379 g/mol. The number of rotatable bonds is 8. The quantitative estimate of drug-likeness (QED) is 0.538. The van der Waals surface area contributed by atoms with Gasteiger partial charge in [0.25, 0.3) is 0 Å². The van der Waals surface area contributed by atoms with E-state index in [1.807, 2.05) is 39.0 Å². The van der Waals surface area contributed by atoms with Gasteiger partial charge in [-0.05, 0) is 70.7 Å². The molecule has 1 atom stereocenters. The first-order valence-electron chi connectivity index (χ1n) is 9.92. The third-order valence-corrected chi connectivity index (χ3v) is 5.63. The second-order valence-electron chi connectivity index (χ2n) is 8.83. The molecule has 0 aromatic heterocycles. The summed E-state index contributed by atoms with van der Waals surface area (Å²) in [6, 6.07) is 16.8. The van der Waals surface area contributed by atoms with Crippen LogP contribution in [0.3, 0.4) is 0 Å². The largest absolute Gasteiger partial charge is 0.427 e. The second-order valence-corrected chi connectivity index (χ2v) is 8.83. The maximum absolute atomic E-state index is 10.3. The smallest absolute Gasteiger partial charge is 0.309 e. The molecule has 28 heavy (non-hydrogen) atoms. The van der Waals surface area contributed by atoms with Gasteiger partial charge in [-0.15, -0.1) is 0 Å². The van der Waals surface area contributed by atoms with Crippen LogP contribution in [0.15, 0.2) is 60.7 Å². The Morgan fingerprint density at radius 1 is 1.00 bits per heavy atom. The van der Waals surface area contributed by atoms with Gasteiger partial charge in [-0.1, -0.05) is 60.1 Å². The predicted octanol–water partition coefficient (Wildman–Crippen LogP) is 4.04. The lowest BCUT2D eigenvalue weighted by atomic mass is 9.81. The van der Waals surface area contributed by atoms with E-state index < -0.39 is 16.7 Å². The Labute approximate surface area is 170 Å². The number of benzene rings is 2. The van der Waals surface area contributed by atoms with Crippen molar-refractivity contribution in [3.63, 3.8) is 0 Å². The van der Waals surface area contributed by atoms with E-state index in [-0.39, 0.29) is 0 Å². The first-order valence-corrected chi connectivity index (χ1v) is 9.92. The summed E-state index contributed by atoms with van der Waals surface area (Å²) < 4.78 is 6.02. The molecular formula is C24H34BNO2. The molecule has 0 heterocycles. The number of nitrogens with two attached hydrogens (primary N) is 1. The molecule has 1 unspecified atom stereocenters. The fraction of sp³-hybridized carbons (Fsp3) is 0.417. The van der Waals surface area contributed by atoms with Crippen LogP contribution in [0.1, 0.15) is 53.5 Å². The molecule has 0 aliphatic carbocycles. The van der Waals surface area contributed by atoms with Gasteiger partial charge in [0.15, 0.2) is 0 Å². The van der Waals surface area contributed by atoms with Crippen molar-refractivity contribution in [3.05, 3.63) is 66.2 Å². The maximum atomic E-state index is 10.3. The molecule has 0 bridgehead atoms. The fourth-order valence-electron chi connectivity index (χ4n) is 2.82. The average Bonchev–Trinajstić information content (AvgIpc) is 2.64. The van der Waals surface area contributed by atoms with Crippen LogP contribution in [0.2, 0.25) is 0 Å². The molecule has 0 aliphatic rings. The van der Waals surface area contributed by atoms with Crippen LogP contribution in [0.5, 0.6) is 0 Å². The fourth-order valence-corrected chi connectivity index (χ4v) is 2.82. The number of hydrogen-bond acceptors (Lipinski definition) is 3. The molecule has 2 aromatic rings. The molecule has 4 heteroatoms. The Bertz CT molecular complexity index is 819. The number of allylic oxidation sites excluding steroid dienone is 1. The van der Waals surface area contributed by atoms with Crippen LogP contribution < -0.4 is 11.2 Å². The molecule has 0 saturated carbocycles. The Hall–Kier alpha value is -1.88. The predicted molar refractivity (Wildman–Crippen MR) is 121 cm³/mol. The van der Waals surface area contributed by atoms with Crippen molar-refractivity contribution in [3.8, 4) is 11.1 Å². The summed E-state index contributed by atoms with van der Waals surface area (Å²) in [5.74, 6) is 0. The van der Waals surface area contributed by atoms with Crippen molar-refractivity contribution >= 4 is 12.9 Å². The van der Waals surface area contributed by atoms with Crippen LogP contribution in [-0.4, -0.2) is 23.8 Å². The van der Waals surface area contributed by atoms with Crippen LogP contribution >= 0.6 is 0 Å². The maximum Gasteiger partial charge on any atom is 0.309 e. The van der Waals surface area contributed by atoms with Gasteiger partial charge in [-0.3, -0.25) is 0 Å². The minimum Gasteiger partial charge on any atom is -0.427 e. The zero-order valence-corrected chi connectivity index (χ0v) is 18.1. The van der Waals surface area contributed by atoms with Gasteiger partial charge in [0.05, 0.1) is 11.2 Å². The first-order chi connectivity index (χ1) is 13.0. The third kappa shape index (κ3) is 5.57. The summed E-state index contributed by atoms with van der Waals surface area (Å²) in [6.07, 6.45) is 4.94. The standard InChI is InChI=1S/C24H34BNO2/c1-7-8-15-24(6,26)20-13-9-11-18(16-20)19-12-10-14-21(17-19)25-28-23(4,5)22(2,3)27/h7-14,16-17,25,27H,15,26H2,1-6H3/b8-7-. The Kier molecular flexibility index (Phi) is 6.92. The zero-order valence-electron chi connectivity index (χ0n) is 18.1. The lowest BCUT2D eigenvalue weighted by Crippen LogP contribution is -2.49.